The molecule has 0 aliphatic carbocycles. The Kier molecular flexibility index (Phi) is 7.32. The Morgan fingerprint density at radius 1 is 0.967 bits per heavy atom. The number of nitrogens with one attached hydrogen (secondary N) is 1. The van der Waals surface area contributed by atoms with E-state index in [-0.39, 0.29) is 17.8 Å². The lowest BCUT2D eigenvalue weighted by Crippen LogP contribution is -2.39. The van der Waals surface area contributed by atoms with Crippen molar-refractivity contribution in [3.63, 3.8) is 0 Å². The van der Waals surface area contributed by atoms with Crippen molar-refractivity contribution < 1.29 is 14.0 Å². The Bertz CT molecular complexity index is 917. The van der Waals surface area contributed by atoms with E-state index in [4.69, 9.17) is 11.6 Å². The fourth-order valence-corrected chi connectivity index (χ4v) is 4.04. The molecule has 7 heteroatoms. The normalized spacial score (nSPS) is 14.4. The van der Waals surface area contributed by atoms with Crippen molar-refractivity contribution in [1.29, 1.82) is 0 Å². The first-order valence-corrected chi connectivity index (χ1v) is 10.7. The average Bonchev–Trinajstić information content (AvgIpc) is 3.00. The number of halogens is 2. The van der Waals surface area contributed by atoms with Gasteiger partial charge in [0.25, 0.3) is 5.91 Å². The Hall–Kier alpha value is -2.60. The van der Waals surface area contributed by atoms with Crippen molar-refractivity contribution in [2.75, 3.05) is 31.5 Å². The van der Waals surface area contributed by atoms with Crippen LogP contribution in [-0.2, 0) is 12.8 Å². The molecule has 0 aromatic heterocycles. The number of benzene rings is 2. The van der Waals surface area contributed by atoms with Crippen LogP contribution in [0.15, 0.2) is 36.4 Å². The molecule has 1 aliphatic heterocycles. The van der Waals surface area contributed by atoms with E-state index in [1.165, 1.54) is 24.3 Å². The summed E-state index contributed by atoms with van der Waals surface area (Å²) in [6.45, 7) is 6.03. The van der Waals surface area contributed by atoms with Crippen LogP contribution in [0, 0.1) is 5.82 Å². The Labute approximate surface area is 181 Å². The standard InChI is InChI=1S/C23H27ClFN3O2/c1-3-16-8-11-20(24)19(4-2)21(16)26-23(30)28-13-5-12-27(14-15-28)22(29)17-6-9-18(25)10-7-17/h6-11H,3-5,12-15H2,1-2H3,(H,26,30). The first-order valence-electron chi connectivity index (χ1n) is 10.4. The molecule has 2 aromatic carbocycles. The van der Waals surface area contributed by atoms with Crippen LogP contribution in [0.2, 0.25) is 5.02 Å². The average molecular weight is 432 g/mol. The van der Waals surface area contributed by atoms with Gasteiger partial charge in [0.1, 0.15) is 5.82 Å². The summed E-state index contributed by atoms with van der Waals surface area (Å²) >= 11 is 6.34. The third-order valence-electron chi connectivity index (χ3n) is 5.47. The highest BCUT2D eigenvalue weighted by atomic mass is 35.5. The minimum atomic E-state index is -0.371. The summed E-state index contributed by atoms with van der Waals surface area (Å²) in [5.74, 6) is -0.516. The van der Waals surface area contributed by atoms with Crippen molar-refractivity contribution >= 4 is 29.2 Å². The van der Waals surface area contributed by atoms with E-state index >= 15 is 0 Å². The highest BCUT2D eigenvalue weighted by Crippen LogP contribution is 2.30. The van der Waals surface area contributed by atoms with Gasteiger partial charge in [-0.1, -0.05) is 31.5 Å². The van der Waals surface area contributed by atoms with Crippen molar-refractivity contribution in [2.45, 2.75) is 33.1 Å². The highest BCUT2D eigenvalue weighted by Gasteiger charge is 2.24. The second-order valence-corrected chi connectivity index (χ2v) is 7.74. The maximum Gasteiger partial charge on any atom is 0.321 e. The highest BCUT2D eigenvalue weighted by molar-refractivity contribution is 6.32. The topological polar surface area (TPSA) is 52.7 Å². The number of carbonyl (C=O) groups is 2. The molecule has 30 heavy (non-hydrogen) atoms. The monoisotopic (exact) mass is 431 g/mol. The van der Waals surface area contributed by atoms with E-state index in [1.807, 2.05) is 26.0 Å². The zero-order valence-corrected chi connectivity index (χ0v) is 18.1. The smallest absolute Gasteiger partial charge is 0.321 e. The number of urea groups is 1. The fourth-order valence-electron chi connectivity index (χ4n) is 3.75. The quantitative estimate of drug-likeness (QED) is 0.741. The molecular formula is C23H27ClFN3O2. The van der Waals surface area contributed by atoms with Gasteiger partial charge in [-0.15, -0.1) is 0 Å². The van der Waals surface area contributed by atoms with Crippen molar-refractivity contribution in [3.8, 4) is 0 Å². The van der Waals surface area contributed by atoms with E-state index in [2.05, 4.69) is 5.32 Å². The van der Waals surface area contributed by atoms with Gasteiger partial charge in [-0.25, -0.2) is 9.18 Å². The van der Waals surface area contributed by atoms with E-state index in [0.29, 0.717) is 43.2 Å². The number of carbonyl (C=O) groups excluding carboxylic acids is 2. The summed E-state index contributed by atoms with van der Waals surface area (Å²) in [4.78, 5) is 29.1. The number of aryl methyl sites for hydroxylation is 1. The van der Waals surface area contributed by atoms with Crippen LogP contribution in [0.1, 0.15) is 41.8 Å². The number of hydrogen-bond acceptors (Lipinski definition) is 2. The first-order chi connectivity index (χ1) is 14.4. The molecule has 1 saturated heterocycles. The molecule has 1 fully saturated rings. The molecule has 5 nitrogen and oxygen atoms in total. The van der Waals surface area contributed by atoms with E-state index in [0.717, 1.165) is 29.7 Å². The molecule has 0 spiro atoms. The van der Waals surface area contributed by atoms with Crippen LogP contribution in [0.25, 0.3) is 0 Å². The number of hydrogen-bond donors (Lipinski definition) is 1. The lowest BCUT2D eigenvalue weighted by Gasteiger charge is -2.24. The van der Waals surface area contributed by atoms with Crippen LogP contribution in [0.3, 0.4) is 0 Å². The number of amides is 3. The lowest BCUT2D eigenvalue weighted by atomic mass is 10.0. The number of rotatable bonds is 4. The van der Waals surface area contributed by atoms with Gasteiger partial charge >= 0.3 is 6.03 Å². The molecule has 1 heterocycles. The molecule has 0 unspecified atom stereocenters. The van der Waals surface area contributed by atoms with Crippen LogP contribution >= 0.6 is 11.6 Å². The molecular weight excluding hydrogens is 405 g/mol. The van der Waals surface area contributed by atoms with E-state index < -0.39 is 0 Å². The molecule has 0 atom stereocenters. The van der Waals surface area contributed by atoms with Gasteiger partial charge in [0.05, 0.1) is 5.69 Å². The van der Waals surface area contributed by atoms with Gasteiger partial charge in [-0.05, 0) is 60.7 Å². The molecule has 0 saturated carbocycles. The summed E-state index contributed by atoms with van der Waals surface area (Å²) < 4.78 is 13.1. The van der Waals surface area contributed by atoms with Crippen molar-refractivity contribution in [2.24, 2.45) is 0 Å². The summed E-state index contributed by atoms with van der Waals surface area (Å²) in [6.07, 6.45) is 2.19. The molecule has 0 radical (unpaired) electrons. The Morgan fingerprint density at radius 2 is 1.63 bits per heavy atom. The molecule has 2 aromatic rings. The second kappa shape index (κ2) is 9.94. The number of nitrogens with zero attached hydrogens (tertiary/aromatic N) is 2. The molecule has 0 bridgehead atoms. The van der Waals surface area contributed by atoms with Gasteiger partial charge in [-0.3, -0.25) is 4.79 Å². The van der Waals surface area contributed by atoms with Crippen LogP contribution < -0.4 is 5.32 Å². The summed E-state index contributed by atoms with van der Waals surface area (Å²) in [6, 6.07) is 9.19. The summed E-state index contributed by atoms with van der Waals surface area (Å²) in [5.41, 5.74) is 3.23. The SMILES string of the molecule is CCc1ccc(Cl)c(CC)c1NC(=O)N1CCCN(C(=O)c2ccc(F)cc2)CC1. The van der Waals surface area contributed by atoms with Gasteiger partial charge in [0, 0.05) is 36.8 Å². The molecule has 1 N–H and O–H groups in total. The predicted molar refractivity (Wildman–Crippen MR) is 118 cm³/mol. The molecule has 3 rings (SSSR count). The predicted octanol–water partition coefficient (Wildman–Crippen LogP) is 4.98. The maximum absolute atomic E-state index is 13.1. The molecule has 3 amide bonds. The summed E-state index contributed by atoms with van der Waals surface area (Å²) in [7, 11) is 0. The van der Waals surface area contributed by atoms with Gasteiger partial charge in [-0.2, -0.15) is 0 Å². The van der Waals surface area contributed by atoms with Crippen molar-refractivity contribution in [3.05, 3.63) is 63.9 Å². The zero-order valence-electron chi connectivity index (χ0n) is 17.4. The zero-order chi connectivity index (χ0) is 21.7. The van der Waals surface area contributed by atoms with Crippen LogP contribution in [0.5, 0.6) is 0 Å². The third kappa shape index (κ3) is 4.93. The largest absolute Gasteiger partial charge is 0.337 e. The van der Waals surface area contributed by atoms with Crippen molar-refractivity contribution in [1.82, 2.24) is 9.80 Å². The molecule has 1 aliphatic rings. The van der Waals surface area contributed by atoms with Crippen LogP contribution in [0.4, 0.5) is 14.9 Å². The minimum Gasteiger partial charge on any atom is -0.337 e. The van der Waals surface area contributed by atoms with E-state index in [9.17, 15) is 14.0 Å². The van der Waals surface area contributed by atoms with Crippen LogP contribution in [-0.4, -0.2) is 47.9 Å². The second-order valence-electron chi connectivity index (χ2n) is 7.34. The summed E-state index contributed by atoms with van der Waals surface area (Å²) in [5, 5.41) is 3.71. The molecule has 160 valence electrons. The number of anilines is 1. The van der Waals surface area contributed by atoms with Gasteiger partial charge in [0.2, 0.25) is 0 Å². The Balaban J connectivity index is 1.69. The van der Waals surface area contributed by atoms with Gasteiger partial charge < -0.3 is 15.1 Å². The minimum absolute atomic E-state index is 0.145. The third-order valence-corrected chi connectivity index (χ3v) is 5.82. The van der Waals surface area contributed by atoms with Gasteiger partial charge in [0.15, 0.2) is 0 Å². The lowest BCUT2D eigenvalue weighted by molar-refractivity contribution is 0.0762. The maximum atomic E-state index is 13.1. The Morgan fingerprint density at radius 3 is 2.30 bits per heavy atom. The van der Waals surface area contributed by atoms with E-state index in [1.54, 1.807) is 9.80 Å². The first kappa shape index (κ1) is 22.1. The fraction of sp³-hybridized carbons (Fsp3) is 0.391.